The summed E-state index contributed by atoms with van der Waals surface area (Å²) in [5.41, 5.74) is 0. The zero-order chi connectivity index (χ0) is 24.5. The molecule has 0 bridgehead atoms. The molecule has 2 atom stereocenters. The van der Waals surface area contributed by atoms with Crippen LogP contribution < -0.4 is 4.72 Å². The van der Waals surface area contributed by atoms with Gasteiger partial charge in [0.05, 0.1) is 17.4 Å². The van der Waals surface area contributed by atoms with E-state index in [4.69, 9.17) is 16.9 Å². The molecule has 0 unspecified atom stereocenters. The molecule has 2 amide bonds. The lowest BCUT2D eigenvalue weighted by Gasteiger charge is -2.40. The maximum atomic E-state index is 13.2. The number of halogens is 1. The second kappa shape index (κ2) is 9.90. The number of amides is 2. The molecule has 34 heavy (non-hydrogen) atoms. The molecule has 1 saturated heterocycles. The van der Waals surface area contributed by atoms with Crippen molar-refractivity contribution >= 4 is 44.2 Å². The zero-order valence-corrected chi connectivity index (χ0v) is 20.5. The van der Waals surface area contributed by atoms with Crippen LogP contribution in [0.4, 0.5) is 0 Å². The van der Waals surface area contributed by atoms with E-state index in [1.54, 1.807) is 42.2 Å². The molecule has 1 aliphatic carbocycles. The number of nitriles is 1. The van der Waals surface area contributed by atoms with Crippen LogP contribution in [-0.2, 0) is 19.6 Å². The van der Waals surface area contributed by atoms with E-state index in [0.29, 0.717) is 11.6 Å². The Kier molecular flexibility index (Phi) is 7.12. The third-order valence-corrected chi connectivity index (χ3v) is 8.41. The Morgan fingerprint density at radius 1 is 1.24 bits per heavy atom. The SMILES string of the molecule is C[C@@H](C(=O)N(CCC#N)C1CCC1)N1CC[C@H](NS(=O)(=O)c2ccc3cc(Cl)ccc3c2)C1=O. The Morgan fingerprint density at radius 3 is 2.62 bits per heavy atom. The summed E-state index contributed by atoms with van der Waals surface area (Å²) in [5.74, 6) is -0.601. The number of carbonyl (C=O) groups is 2. The Hall–Kier alpha value is -2.67. The van der Waals surface area contributed by atoms with Gasteiger partial charge in [-0.25, -0.2) is 8.42 Å². The highest BCUT2D eigenvalue weighted by molar-refractivity contribution is 7.89. The lowest BCUT2D eigenvalue weighted by Crippen LogP contribution is -2.54. The first-order valence-corrected chi connectivity index (χ1v) is 13.3. The molecule has 180 valence electrons. The van der Waals surface area contributed by atoms with E-state index in [-0.39, 0.29) is 36.2 Å². The van der Waals surface area contributed by atoms with E-state index in [2.05, 4.69) is 10.8 Å². The number of hydrogen-bond donors (Lipinski definition) is 1. The van der Waals surface area contributed by atoms with E-state index < -0.39 is 28.0 Å². The topological polar surface area (TPSA) is 111 Å². The minimum atomic E-state index is -3.95. The third-order valence-electron chi connectivity index (χ3n) is 6.71. The minimum Gasteiger partial charge on any atom is -0.337 e. The summed E-state index contributed by atoms with van der Waals surface area (Å²) >= 11 is 6.00. The highest BCUT2D eigenvalue weighted by atomic mass is 35.5. The van der Waals surface area contributed by atoms with Gasteiger partial charge < -0.3 is 9.80 Å². The quantitative estimate of drug-likeness (QED) is 0.596. The summed E-state index contributed by atoms with van der Waals surface area (Å²) in [6, 6.07) is 10.4. The summed E-state index contributed by atoms with van der Waals surface area (Å²) in [5, 5.41) is 11.0. The van der Waals surface area contributed by atoms with Gasteiger partial charge in [-0.15, -0.1) is 0 Å². The van der Waals surface area contributed by atoms with Crippen molar-refractivity contribution in [2.75, 3.05) is 13.1 Å². The summed E-state index contributed by atoms with van der Waals surface area (Å²) in [7, 11) is -3.95. The third kappa shape index (κ3) is 4.90. The smallest absolute Gasteiger partial charge is 0.245 e. The normalized spacial score (nSPS) is 19.6. The molecular weight excluding hydrogens is 476 g/mol. The Balaban J connectivity index is 1.45. The molecule has 2 aliphatic rings. The molecule has 2 aromatic carbocycles. The Morgan fingerprint density at radius 2 is 1.94 bits per heavy atom. The first-order valence-electron chi connectivity index (χ1n) is 11.4. The number of hydrogen-bond acceptors (Lipinski definition) is 5. The van der Waals surface area contributed by atoms with Gasteiger partial charge in [0.2, 0.25) is 21.8 Å². The van der Waals surface area contributed by atoms with Crippen LogP contribution in [0.5, 0.6) is 0 Å². The van der Waals surface area contributed by atoms with Crippen LogP contribution >= 0.6 is 11.6 Å². The average molecular weight is 503 g/mol. The summed E-state index contributed by atoms with van der Waals surface area (Å²) in [6.45, 7) is 2.30. The molecule has 1 saturated carbocycles. The highest BCUT2D eigenvalue weighted by Crippen LogP contribution is 2.28. The second-order valence-corrected chi connectivity index (χ2v) is 11.0. The fourth-order valence-corrected chi connectivity index (χ4v) is 5.97. The van der Waals surface area contributed by atoms with Gasteiger partial charge in [-0.2, -0.15) is 9.98 Å². The predicted molar refractivity (Wildman–Crippen MR) is 128 cm³/mol. The number of nitrogens with zero attached hydrogens (tertiary/aromatic N) is 3. The molecule has 10 heteroatoms. The van der Waals surface area contributed by atoms with Gasteiger partial charge in [-0.1, -0.05) is 23.7 Å². The molecule has 1 N–H and O–H groups in total. The number of benzene rings is 2. The van der Waals surface area contributed by atoms with Crippen molar-refractivity contribution in [3.05, 3.63) is 41.4 Å². The Bertz CT molecular complexity index is 1260. The van der Waals surface area contributed by atoms with Crippen molar-refractivity contribution in [3.63, 3.8) is 0 Å². The van der Waals surface area contributed by atoms with Gasteiger partial charge in [0.15, 0.2) is 0 Å². The van der Waals surface area contributed by atoms with E-state index in [1.807, 2.05) is 0 Å². The average Bonchev–Trinajstić information content (AvgIpc) is 3.13. The lowest BCUT2D eigenvalue weighted by molar-refractivity contribution is -0.146. The maximum absolute atomic E-state index is 13.2. The number of sulfonamides is 1. The molecule has 4 rings (SSSR count). The molecule has 1 heterocycles. The summed E-state index contributed by atoms with van der Waals surface area (Å²) in [6.07, 6.45) is 3.37. The van der Waals surface area contributed by atoms with Crippen LogP contribution in [0.2, 0.25) is 5.02 Å². The standard InChI is InChI=1S/C24H27ClN4O4S/c1-16(23(30)29(12-3-11-26)20-4-2-5-20)28-13-10-22(24(28)31)27-34(32,33)21-9-7-17-14-19(25)8-6-18(17)15-21/h6-9,14-16,20,22,27H,2-5,10,12-13H2,1H3/t16-,22-/m0/s1. The molecule has 0 radical (unpaired) electrons. The molecule has 1 aliphatic heterocycles. The monoisotopic (exact) mass is 502 g/mol. The van der Waals surface area contributed by atoms with Gasteiger partial charge >= 0.3 is 0 Å². The zero-order valence-electron chi connectivity index (χ0n) is 18.9. The fraction of sp³-hybridized carbons (Fsp3) is 0.458. The van der Waals surface area contributed by atoms with Crippen molar-refractivity contribution in [1.82, 2.24) is 14.5 Å². The van der Waals surface area contributed by atoms with Crippen LogP contribution in [0.3, 0.4) is 0 Å². The highest BCUT2D eigenvalue weighted by Gasteiger charge is 2.41. The van der Waals surface area contributed by atoms with Crippen LogP contribution in [0, 0.1) is 11.3 Å². The first kappa shape index (κ1) is 24.5. The van der Waals surface area contributed by atoms with E-state index in [1.165, 1.54) is 11.0 Å². The van der Waals surface area contributed by atoms with Crippen LogP contribution in [0.15, 0.2) is 41.3 Å². The molecule has 2 aromatic rings. The number of carbonyl (C=O) groups excluding carboxylic acids is 2. The first-order chi connectivity index (χ1) is 16.2. The molecule has 2 fully saturated rings. The minimum absolute atomic E-state index is 0.0605. The van der Waals surface area contributed by atoms with Gasteiger partial charge in [-0.3, -0.25) is 9.59 Å². The van der Waals surface area contributed by atoms with Gasteiger partial charge in [-0.05, 0) is 67.6 Å². The van der Waals surface area contributed by atoms with Crippen LogP contribution in [0.25, 0.3) is 10.8 Å². The van der Waals surface area contributed by atoms with Crippen molar-refractivity contribution in [3.8, 4) is 6.07 Å². The van der Waals surface area contributed by atoms with E-state index in [0.717, 1.165) is 30.0 Å². The van der Waals surface area contributed by atoms with E-state index >= 15 is 0 Å². The number of likely N-dealkylation sites (tertiary alicyclic amines) is 1. The molecule has 8 nitrogen and oxygen atoms in total. The predicted octanol–water partition coefficient (Wildman–Crippen LogP) is 3.06. The van der Waals surface area contributed by atoms with Gasteiger partial charge in [0.25, 0.3) is 0 Å². The summed E-state index contributed by atoms with van der Waals surface area (Å²) in [4.78, 5) is 29.4. The molecule has 0 spiro atoms. The number of fused-ring (bicyclic) bond motifs is 1. The largest absolute Gasteiger partial charge is 0.337 e. The second-order valence-electron chi connectivity index (χ2n) is 8.85. The fourth-order valence-electron chi connectivity index (χ4n) is 4.53. The number of rotatable bonds is 8. The van der Waals surface area contributed by atoms with Crippen molar-refractivity contribution in [1.29, 1.82) is 5.26 Å². The van der Waals surface area contributed by atoms with Gasteiger partial charge in [0.1, 0.15) is 12.1 Å². The maximum Gasteiger partial charge on any atom is 0.245 e. The molecule has 0 aromatic heterocycles. The van der Waals surface area contributed by atoms with Crippen LogP contribution in [-0.4, -0.2) is 61.2 Å². The van der Waals surface area contributed by atoms with Crippen molar-refractivity contribution in [2.24, 2.45) is 0 Å². The van der Waals surface area contributed by atoms with E-state index in [9.17, 15) is 18.0 Å². The van der Waals surface area contributed by atoms with Crippen LogP contribution in [0.1, 0.15) is 39.0 Å². The number of nitrogens with one attached hydrogen (secondary N) is 1. The van der Waals surface area contributed by atoms with Crippen molar-refractivity contribution in [2.45, 2.75) is 62.0 Å². The molecular formula is C24H27ClN4O4S. The lowest BCUT2D eigenvalue weighted by atomic mass is 9.91. The van der Waals surface area contributed by atoms with Gasteiger partial charge in [0, 0.05) is 24.2 Å². The van der Waals surface area contributed by atoms with Crippen molar-refractivity contribution < 1.29 is 18.0 Å². The summed E-state index contributed by atoms with van der Waals surface area (Å²) < 4.78 is 28.5. The Labute approximate surface area is 204 Å².